The summed E-state index contributed by atoms with van der Waals surface area (Å²) in [5.41, 5.74) is -0.321. The highest BCUT2D eigenvalue weighted by Gasteiger charge is 2.34. The highest BCUT2D eigenvalue weighted by molar-refractivity contribution is 5.69. The lowest BCUT2D eigenvalue weighted by Crippen LogP contribution is -2.15. The van der Waals surface area contributed by atoms with Gasteiger partial charge in [-0.2, -0.15) is 0 Å². The molecule has 17 heavy (non-hydrogen) atoms. The molecule has 0 radical (unpaired) electrons. The average Bonchev–Trinajstić information content (AvgIpc) is 2.15. The largest absolute Gasteiger partial charge is 0.525 e. The lowest BCUT2D eigenvalue weighted by Gasteiger charge is -2.12. The van der Waals surface area contributed by atoms with Crippen LogP contribution in [0, 0.1) is 0 Å². The third kappa shape index (κ3) is 4.81. The van der Waals surface area contributed by atoms with Crippen molar-refractivity contribution in [3.63, 3.8) is 0 Å². The van der Waals surface area contributed by atoms with Crippen molar-refractivity contribution in [2.45, 2.75) is 19.6 Å². The third-order valence-corrected chi connectivity index (χ3v) is 1.64. The molecule has 7 heteroatoms. The van der Waals surface area contributed by atoms with Crippen LogP contribution in [-0.4, -0.2) is 12.3 Å². The Morgan fingerprint density at radius 1 is 1.24 bits per heavy atom. The molecule has 0 amide bonds. The van der Waals surface area contributed by atoms with E-state index in [1.807, 2.05) is 0 Å². The molecule has 0 aliphatic heterocycles. The summed E-state index contributed by atoms with van der Waals surface area (Å²) < 4.78 is 55.9. The van der Waals surface area contributed by atoms with E-state index in [0.29, 0.717) is 0 Å². The van der Waals surface area contributed by atoms with Gasteiger partial charge < -0.3 is 4.74 Å². The summed E-state index contributed by atoms with van der Waals surface area (Å²) >= 11 is 0. The highest BCUT2D eigenvalue weighted by atomic mass is 19.4. The molecule has 1 aromatic rings. The summed E-state index contributed by atoms with van der Waals surface area (Å²) in [6.45, 7) is 1.17. The number of carbonyl (C=O) groups is 1. The molecule has 0 N–H and O–H groups in total. The molecule has 0 saturated heterocycles. The van der Waals surface area contributed by atoms with Gasteiger partial charge in [-0.1, -0.05) is 0 Å². The van der Waals surface area contributed by atoms with Crippen molar-refractivity contribution in [2.24, 2.45) is 0 Å². The summed E-state index contributed by atoms with van der Waals surface area (Å²) in [6.07, 6.45) is -7.66. The van der Waals surface area contributed by atoms with Gasteiger partial charge in [0, 0.05) is 12.5 Å². The Hall–Kier alpha value is -1.63. The third-order valence-electron chi connectivity index (χ3n) is 1.64. The normalized spacial score (nSPS) is 13.2. The number of hydrogen-bond donors (Lipinski definition) is 0. The highest BCUT2D eigenvalue weighted by Crippen LogP contribution is 2.29. The van der Waals surface area contributed by atoms with Crippen molar-refractivity contribution in [1.29, 1.82) is 0 Å². The number of rotatable bonds is 3. The van der Waals surface area contributed by atoms with Crippen molar-refractivity contribution >= 4 is 5.97 Å². The van der Waals surface area contributed by atoms with E-state index < -0.39 is 18.7 Å². The number of alkyl halides is 4. The van der Waals surface area contributed by atoms with Crippen LogP contribution in [0.4, 0.5) is 17.6 Å². The second-order valence-corrected chi connectivity index (χ2v) is 3.04. The monoisotopic (exact) mass is 252 g/mol. The molecular weight excluding hydrogens is 244 g/mol. The van der Waals surface area contributed by atoms with Crippen LogP contribution in [0.25, 0.3) is 0 Å². The fourth-order valence-electron chi connectivity index (χ4n) is 1.04. The van der Waals surface area contributed by atoms with E-state index in [9.17, 15) is 22.4 Å². The van der Waals surface area contributed by atoms with E-state index in [1.54, 1.807) is 0 Å². The van der Waals surface area contributed by atoms with E-state index in [2.05, 4.69) is 9.47 Å². The molecule has 1 unspecified atom stereocenters. The minimum Gasteiger partial charge on any atom is -0.427 e. The number of esters is 1. The second kappa shape index (κ2) is 5.13. The first-order valence-corrected chi connectivity index (χ1v) is 4.45. The minimum atomic E-state index is -5.05. The molecule has 0 aliphatic rings. The number of ether oxygens (including phenoxy) is 2. The lowest BCUT2D eigenvalue weighted by atomic mass is 10.2. The molecule has 0 saturated carbocycles. The van der Waals surface area contributed by atoms with E-state index in [1.165, 1.54) is 19.1 Å². The molecule has 0 heterocycles. The van der Waals surface area contributed by atoms with Gasteiger partial charge in [-0.05, 0) is 24.3 Å². The first-order valence-electron chi connectivity index (χ1n) is 4.45. The second-order valence-electron chi connectivity index (χ2n) is 3.04. The summed E-state index contributed by atoms with van der Waals surface area (Å²) in [7, 11) is 0. The molecule has 1 aromatic carbocycles. The lowest BCUT2D eigenvalue weighted by molar-refractivity contribution is -0.363. The van der Waals surface area contributed by atoms with Gasteiger partial charge >= 0.3 is 12.3 Å². The van der Waals surface area contributed by atoms with E-state index >= 15 is 0 Å². The van der Waals surface area contributed by atoms with E-state index in [4.69, 9.17) is 0 Å². The summed E-state index contributed by atoms with van der Waals surface area (Å²) in [6, 6.07) is 4.41. The molecule has 1 rings (SSSR count). The fourth-order valence-corrected chi connectivity index (χ4v) is 1.04. The average molecular weight is 252 g/mol. The van der Waals surface area contributed by atoms with Gasteiger partial charge in [-0.15, -0.1) is 13.2 Å². The van der Waals surface area contributed by atoms with Gasteiger partial charge in [0.25, 0.3) is 0 Å². The smallest absolute Gasteiger partial charge is 0.427 e. The standard InChI is InChI=1S/C10H8F4O3/c1-6(15)16-8-4-2-7(3-5-8)9(11)17-10(12,13)14/h2-5,9H,1H3. The zero-order valence-corrected chi connectivity index (χ0v) is 8.62. The molecule has 3 nitrogen and oxygen atoms in total. The predicted molar refractivity (Wildman–Crippen MR) is 48.7 cm³/mol. The van der Waals surface area contributed by atoms with E-state index in [0.717, 1.165) is 12.1 Å². The summed E-state index contributed by atoms with van der Waals surface area (Å²) in [5.74, 6) is -0.471. The Morgan fingerprint density at radius 3 is 2.18 bits per heavy atom. The first-order chi connectivity index (χ1) is 7.78. The van der Waals surface area contributed by atoms with Crippen LogP contribution in [0.3, 0.4) is 0 Å². The first kappa shape index (κ1) is 13.4. The van der Waals surface area contributed by atoms with Crippen LogP contribution in [0.1, 0.15) is 18.8 Å². The molecule has 0 aliphatic carbocycles. The number of halogens is 4. The van der Waals surface area contributed by atoms with Crippen LogP contribution in [-0.2, 0) is 9.53 Å². The SMILES string of the molecule is CC(=O)Oc1ccc(C(F)OC(F)(F)F)cc1. The zero-order valence-electron chi connectivity index (χ0n) is 8.62. The molecule has 1 atom stereocenters. The van der Waals surface area contributed by atoms with Crippen molar-refractivity contribution in [3.05, 3.63) is 29.8 Å². The molecule has 0 fully saturated rings. The van der Waals surface area contributed by atoms with Gasteiger partial charge in [0.2, 0.25) is 6.36 Å². The predicted octanol–water partition coefficient (Wildman–Crippen LogP) is 3.12. The number of hydrogen-bond acceptors (Lipinski definition) is 3. The van der Waals surface area contributed by atoms with Crippen LogP contribution < -0.4 is 4.74 Å². The van der Waals surface area contributed by atoms with E-state index in [-0.39, 0.29) is 11.3 Å². The Labute approximate surface area is 93.9 Å². The zero-order chi connectivity index (χ0) is 13.1. The van der Waals surface area contributed by atoms with Crippen molar-refractivity contribution in [1.82, 2.24) is 0 Å². The maximum Gasteiger partial charge on any atom is 0.525 e. The topological polar surface area (TPSA) is 35.5 Å². The Morgan fingerprint density at radius 2 is 1.76 bits per heavy atom. The molecular formula is C10H8F4O3. The number of carbonyl (C=O) groups excluding carboxylic acids is 1. The van der Waals surface area contributed by atoms with Crippen LogP contribution in [0.15, 0.2) is 24.3 Å². The van der Waals surface area contributed by atoms with Gasteiger partial charge in [0.05, 0.1) is 0 Å². The Bertz CT molecular complexity index is 386. The maximum atomic E-state index is 13.0. The van der Waals surface area contributed by atoms with Gasteiger partial charge in [0.1, 0.15) is 5.75 Å². The van der Waals surface area contributed by atoms with Gasteiger partial charge in [-0.3, -0.25) is 9.53 Å². The summed E-state index contributed by atoms with van der Waals surface area (Å²) in [5, 5.41) is 0. The minimum absolute atomic E-state index is 0.112. The van der Waals surface area contributed by atoms with Crippen LogP contribution in [0.5, 0.6) is 5.75 Å². The molecule has 94 valence electrons. The molecule has 0 spiro atoms. The summed E-state index contributed by atoms with van der Waals surface area (Å²) in [4.78, 5) is 10.5. The fraction of sp³-hybridized carbons (Fsp3) is 0.300. The Balaban J connectivity index is 2.70. The van der Waals surface area contributed by atoms with Crippen LogP contribution in [0.2, 0.25) is 0 Å². The van der Waals surface area contributed by atoms with Gasteiger partial charge in [0.15, 0.2) is 0 Å². The molecule has 0 bridgehead atoms. The van der Waals surface area contributed by atoms with Gasteiger partial charge in [-0.25, -0.2) is 4.39 Å². The van der Waals surface area contributed by atoms with Crippen molar-refractivity contribution < 1.29 is 31.8 Å². The number of benzene rings is 1. The maximum absolute atomic E-state index is 13.0. The molecule has 0 aromatic heterocycles. The quantitative estimate of drug-likeness (QED) is 0.471. The Kier molecular flexibility index (Phi) is 4.06. The van der Waals surface area contributed by atoms with Crippen molar-refractivity contribution in [2.75, 3.05) is 0 Å². The van der Waals surface area contributed by atoms with Crippen molar-refractivity contribution in [3.8, 4) is 5.75 Å². The van der Waals surface area contributed by atoms with Crippen LogP contribution >= 0.6 is 0 Å².